The van der Waals surface area contributed by atoms with Crippen LogP contribution in [0.2, 0.25) is 0 Å². The Bertz CT molecular complexity index is 524. The first kappa shape index (κ1) is 15.6. The number of hydrogen-bond donors (Lipinski definition) is 1. The van der Waals surface area contributed by atoms with Gasteiger partial charge in [-0.1, -0.05) is 48.5 Å². The van der Waals surface area contributed by atoms with E-state index in [0.717, 1.165) is 18.7 Å². The Hall–Kier alpha value is -1.80. The third-order valence-corrected chi connectivity index (χ3v) is 3.79. The molecule has 1 N–H and O–H groups in total. The van der Waals surface area contributed by atoms with Crippen molar-refractivity contribution in [2.24, 2.45) is 0 Å². The molecule has 0 saturated carbocycles. The van der Waals surface area contributed by atoms with E-state index in [2.05, 4.69) is 54.7 Å². The molecule has 0 heterocycles. The van der Waals surface area contributed by atoms with Crippen molar-refractivity contribution in [3.05, 3.63) is 65.7 Å². The smallest absolute Gasteiger partial charge is 0.123 e. The fourth-order valence-corrected chi connectivity index (χ4v) is 2.55. The van der Waals surface area contributed by atoms with Crippen molar-refractivity contribution in [3.63, 3.8) is 0 Å². The first-order valence-corrected chi connectivity index (χ1v) is 7.71. The van der Waals surface area contributed by atoms with E-state index < -0.39 is 0 Å². The molecule has 0 aliphatic heterocycles. The number of ether oxygens (including phenoxy) is 1. The Kier molecular flexibility index (Phi) is 6.29. The van der Waals surface area contributed by atoms with E-state index in [1.807, 2.05) is 12.1 Å². The van der Waals surface area contributed by atoms with Crippen LogP contribution in [-0.2, 0) is 6.42 Å². The highest BCUT2D eigenvalue weighted by Gasteiger charge is 2.09. The zero-order chi connectivity index (χ0) is 14.9. The first-order chi connectivity index (χ1) is 10.3. The Balaban J connectivity index is 1.71. The average Bonchev–Trinajstić information content (AvgIpc) is 2.55. The summed E-state index contributed by atoms with van der Waals surface area (Å²) in [5, 5.41) is 3.58. The molecule has 0 aliphatic carbocycles. The molecular weight excluding hydrogens is 258 g/mol. The highest BCUT2D eigenvalue weighted by atomic mass is 16.5. The van der Waals surface area contributed by atoms with Crippen LogP contribution in [0.25, 0.3) is 0 Å². The van der Waals surface area contributed by atoms with Gasteiger partial charge in [-0.15, -0.1) is 0 Å². The van der Waals surface area contributed by atoms with Crippen LogP contribution in [0.5, 0.6) is 5.75 Å². The fraction of sp³-hybridized carbons (Fsp3) is 0.368. The zero-order valence-corrected chi connectivity index (χ0v) is 13.0. The molecule has 2 nitrogen and oxygen atoms in total. The Morgan fingerprint density at radius 2 is 1.67 bits per heavy atom. The van der Waals surface area contributed by atoms with E-state index in [9.17, 15) is 0 Å². The summed E-state index contributed by atoms with van der Waals surface area (Å²) in [6.07, 6.45) is 3.57. The van der Waals surface area contributed by atoms with Crippen LogP contribution in [0, 0.1) is 0 Å². The van der Waals surface area contributed by atoms with Crippen molar-refractivity contribution in [2.75, 3.05) is 13.7 Å². The normalized spacial score (nSPS) is 12.1. The lowest BCUT2D eigenvalue weighted by Gasteiger charge is -2.17. The molecule has 2 aromatic rings. The average molecular weight is 283 g/mol. The maximum Gasteiger partial charge on any atom is 0.123 e. The van der Waals surface area contributed by atoms with Crippen molar-refractivity contribution in [3.8, 4) is 5.75 Å². The third kappa shape index (κ3) is 4.91. The van der Waals surface area contributed by atoms with Crippen molar-refractivity contribution < 1.29 is 4.74 Å². The molecule has 0 unspecified atom stereocenters. The molecule has 0 spiro atoms. The van der Waals surface area contributed by atoms with Gasteiger partial charge in [-0.3, -0.25) is 0 Å². The van der Waals surface area contributed by atoms with Gasteiger partial charge in [0, 0.05) is 11.6 Å². The number of para-hydroxylation sites is 1. The van der Waals surface area contributed by atoms with Gasteiger partial charge in [-0.05, 0) is 44.4 Å². The minimum absolute atomic E-state index is 0.317. The second-order valence-corrected chi connectivity index (χ2v) is 5.36. The number of benzene rings is 2. The predicted molar refractivity (Wildman–Crippen MR) is 88.8 cm³/mol. The summed E-state index contributed by atoms with van der Waals surface area (Å²) in [6, 6.07) is 19.2. The van der Waals surface area contributed by atoms with E-state index >= 15 is 0 Å². The predicted octanol–water partition coefficient (Wildman–Crippen LogP) is 4.37. The summed E-state index contributed by atoms with van der Waals surface area (Å²) in [5.41, 5.74) is 2.65. The van der Waals surface area contributed by atoms with Gasteiger partial charge in [0.1, 0.15) is 5.75 Å². The Labute approximate surface area is 128 Å². The topological polar surface area (TPSA) is 21.3 Å². The summed E-state index contributed by atoms with van der Waals surface area (Å²) in [7, 11) is 1.73. The number of unbranched alkanes of at least 4 members (excludes halogenated alkanes) is 1. The highest BCUT2D eigenvalue weighted by molar-refractivity contribution is 5.35. The second kappa shape index (κ2) is 8.48. The minimum Gasteiger partial charge on any atom is -0.496 e. The molecule has 0 bridgehead atoms. The largest absolute Gasteiger partial charge is 0.496 e. The molecule has 0 amide bonds. The van der Waals surface area contributed by atoms with Gasteiger partial charge < -0.3 is 10.1 Å². The standard InChI is InChI=1S/C19H25NO/c1-16(18-13-6-7-14-19(18)21-2)20-15-9-8-12-17-10-4-3-5-11-17/h3-7,10-11,13-14,16,20H,8-9,12,15H2,1-2H3/t16-/m1/s1. The van der Waals surface area contributed by atoms with E-state index in [1.165, 1.54) is 24.0 Å². The fourth-order valence-electron chi connectivity index (χ4n) is 2.55. The van der Waals surface area contributed by atoms with Crippen molar-refractivity contribution in [1.82, 2.24) is 5.32 Å². The van der Waals surface area contributed by atoms with Gasteiger partial charge in [0.15, 0.2) is 0 Å². The van der Waals surface area contributed by atoms with E-state index in [4.69, 9.17) is 4.74 Å². The molecule has 0 saturated heterocycles. The van der Waals surface area contributed by atoms with Gasteiger partial charge in [0.2, 0.25) is 0 Å². The number of rotatable bonds is 8. The summed E-state index contributed by atoms with van der Waals surface area (Å²) >= 11 is 0. The molecular formula is C19H25NO. The second-order valence-electron chi connectivity index (χ2n) is 5.36. The summed E-state index contributed by atoms with van der Waals surface area (Å²) < 4.78 is 5.41. The summed E-state index contributed by atoms with van der Waals surface area (Å²) in [6.45, 7) is 3.22. The van der Waals surface area contributed by atoms with Crippen LogP contribution in [0.4, 0.5) is 0 Å². The van der Waals surface area contributed by atoms with Crippen LogP contribution >= 0.6 is 0 Å². The van der Waals surface area contributed by atoms with E-state index in [1.54, 1.807) is 7.11 Å². The lowest BCUT2D eigenvalue weighted by Crippen LogP contribution is -2.20. The zero-order valence-electron chi connectivity index (χ0n) is 13.0. The molecule has 0 aromatic heterocycles. The lowest BCUT2D eigenvalue weighted by molar-refractivity contribution is 0.401. The van der Waals surface area contributed by atoms with E-state index in [-0.39, 0.29) is 0 Å². The van der Waals surface area contributed by atoms with Crippen molar-refractivity contribution in [1.29, 1.82) is 0 Å². The maximum atomic E-state index is 5.41. The summed E-state index contributed by atoms with van der Waals surface area (Å²) in [4.78, 5) is 0. The summed E-state index contributed by atoms with van der Waals surface area (Å²) in [5.74, 6) is 0.960. The first-order valence-electron chi connectivity index (χ1n) is 7.71. The number of nitrogens with one attached hydrogen (secondary N) is 1. The molecule has 2 aromatic carbocycles. The maximum absolute atomic E-state index is 5.41. The van der Waals surface area contributed by atoms with Gasteiger partial charge in [0.25, 0.3) is 0 Å². The molecule has 1 atom stereocenters. The van der Waals surface area contributed by atoms with E-state index in [0.29, 0.717) is 6.04 Å². The molecule has 2 heteroatoms. The number of aryl methyl sites for hydroxylation is 1. The van der Waals surface area contributed by atoms with Crippen LogP contribution in [0.1, 0.15) is 36.9 Å². The van der Waals surface area contributed by atoms with Gasteiger partial charge in [0.05, 0.1) is 7.11 Å². The molecule has 112 valence electrons. The number of hydrogen-bond acceptors (Lipinski definition) is 2. The monoisotopic (exact) mass is 283 g/mol. The van der Waals surface area contributed by atoms with Crippen LogP contribution in [-0.4, -0.2) is 13.7 Å². The molecule has 0 radical (unpaired) electrons. The van der Waals surface area contributed by atoms with Gasteiger partial charge >= 0.3 is 0 Å². The SMILES string of the molecule is COc1ccccc1[C@@H](C)NCCCCc1ccccc1. The highest BCUT2D eigenvalue weighted by Crippen LogP contribution is 2.24. The van der Waals surface area contributed by atoms with Crippen molar-refractivity contribution >= 4 is 0 Å². The molecule has 0 fully saturated rings. The van der Waals surface area contributed by atoms with Gasteiger partial charge in [-0.25, -0.2) is 0 Å². The molecule has 2 rings (SSSR count). The van der Waals surface area contributed by atoms with Crippen molar-refractivity contribution in [2.45, 2.75) is 32.2 Å². The van der Waals surface area contributed by atoms with Crippen LogP contribution < -0.4 is 10.1 Å². The number of methoxy groups -OCH3 is 1. The van der Waals surface area contributed by atoms with Crippen LogP contribution in [0.15, 0.2) is 54.6 Å². The third-order valence-electron chi connectivity index (χ3n) is 3.79. The molecule has 0 aliphatic rings. The Morgan fingerprint density at radius 1 is 0.952 bits per heavy atom. The van der Waals surface area contributed by atoms with Gasteiger partial charge in [-0.2, -0.15) is 0 Å². The lowest BCUT2D eigenvalue weighted by atomic mass is 10.1. The minimum atomic E-state index is 0.317. The van der Waals surface area contributed by atoms with Crippen LogP contribution in [0.3, 0.4) is 0 Å². The quantitative estimate of drug-likeness (QED) is 0.726. The molecule has 21 heavy (non-hydrogen) atoms. The Morgan fingerprint density at radius 3 is 2.43 bits per heavy atom.